The van der Waals surface area contributed by atoms with Gasteiger partial charge in [-0.3, -0.25) is 4.90 Å². The highest BCUT2D eigenvalue weighted by atomic mass is 35.5. The van der Waals surface area contributed by atoms with Gasteiger partial charge in [-0.1, -0.05) is 53.5 Å². The van der Waals surface area contributed by atoms with Crippen LogP contribution < -0.4 is 18.9 Å². The molecule has 15 nitrogen and oxygen atoms in total. The Kier molecular flexibility index (Phi) is 14.1. The molecule has 4 aliphatic heterocycles. The van der Waals surface area contributed by atoms with Crippen molar-refractivity contribution in [3.63, 3.8) is 0 Å². The number of hydrogen-bond acceptors (Lipinski definition) is 14. The first-order chi connectivity index (χ1) is 32.0. The smallest absolute Gasteiger partial charge is 0.345 e. The maximum atomic E-state index is 13.4. The molecule has 7 heterocycles. The van der Waals surface area contributed by atoms with Crippen LogP contribution in [0.25, 0.3) is 38.0 Å². The molecule has 3 aromatic carbocycles. The first-order valence-electron chi connectivity index (χ1n) is 21.8. The van der Waals surface area contributed by atoms with Crippen LogP contribution >= 0.6 is 34.5 Å². The zero-order valence-electron chi connectivity index (χ0n) is 37.1. The molecule has 0 amide bonds. The van der Waals surface area contributed by atoms with Crippen molar-refractivity contribution >= 4 is 56.4 Å². The van der Waals surface area contributed by atoms with Crippen molar-refractivity contribution in [2.75, 3.05) is 73.3 Å². The van der Waals surface area contributed by atoms with Crippen LogP contribution in [0.15, 0.2) is 61.1 Å². The van der Waals surface area contributed by atoms with Crippen molar-refractivity contribution in [1.82, 2.24) is 29.7 Å². The fourth-order valence-electron chi connectivity index (χ4n) is 8.62. The molecule has 2 fully saturated rings. The summed E-state index contributed by atoms with van der Waals surface area (Å²) in [5.74, 6) is 0.909. The van der Waals surface area contributed by atoms with Crippen LogP contribution in [0.2, 0.25) is 10.0 Å². The summed E-state index contributed by atoms with van der Waals surface area (Å²) in [5.41, 5.74) is 5.47. The number of carboxylic acids is 1. The van der Waals surface area contributed by atoms with E-state index in [1.54, 1.807) is 19.4 Å². The van der Waals surface area contributed by atoms with Gasteiger partial charge in [0.2, 0.25) is 12.0 Å². The molecule has 2 saturated heterocycles. The number of aromatic nitrogens is 4. The Labute approximate surface area is 396 Å². The van der Waals surface area contributed by atoms with Crippen molar-refractivity contribution in [3.05, 3.63) is 104 Å². The number of carbonyl (C=O) groups is 1. The van der Waals surface area contributed by atoms with Gasteiger partial charge in [-0.15, -0.1) is 17.0 Å². The summed E-state index contributed by atoms with van der Waals surface area (Å²) >= 11 is 16.2. The van der Waals surface area contributed by atoms with E-state index in [0.717, 1.165) is 58.9 Å². The van der Waals surface area contributed by atoms with Gasteiger partial charge < -0.3 is 43.7 Å². The van der Waals surface area contributed by atoms with E-state index in [1.807, 2.05) is 56.3 Å². The molecular weight excluding hydrogens is 906 g/mol. The Morgan fingerprint density at radius 1 is 0.955 bits per heavy atom. The van der Waals surface area contributed by atoms with Gasteiger partial charge in [-0.25, -0.2) is 24.7 Å². The average molecular weight is 956 g/mol. The van der Waals surface area contributed by atoms with E-state index in [1.165, 1.54) is 17.7 Å². The first kappa shape index (κ1) is 45.8. The lowest BCUT2D eigenvalue weighted by Crippen LogP contribution is -2.49. The number of nitrogens with zero attached hydrogens (tertiary/aromatic N) is 7. The van der Waals surface area contributed by atoms with Crippen LogP contribution in [0.1, 0.15) is 27.3 Å². The summed E-state index contributed by atoms with van der Waals surface area (Å²) in [4.78, 5) is 38.1. The number of para-hydroxylation sites is 1. The predicted octanol–water partition coefficient (Wildman–Crippen LogP) is 8.37. The number of ether oxygens (including phenoxy) is 6. The van der Waals surface area contributed by atoms with Crippen LogP contribution in [0, 0.1) is 13.8 Å². The lowest BCUT2D eigenvalue weighted by atomic mass is 9.92. The Bertz CT molecular complexity index is 2700. The zero-order chi connectivity index (χ0) is 45.9. The molecule has 346 valence electrons. The fourth-order valence-corrected chi connectivity index (χ4v) is 10.3. The summed E-state index contributed by atoms with van der Waals surface area (Å²) < 4.78 is 37.4. The van der Waals surface area contributed by atoms with E-state index in [2.05, 4.69) is 31.8 Å². The number of fused-ring (bicyclic) bond motifs is 7. The minimum atomic E-state index is -1.41. The van der Waals surface area contributed by atoms with Crippen LogP contribution in [0.5, 0.6) is 23.1 Å². The Morgan fingerprint density at radius 3 is 2.52 bits per heavy atom. The molecule has 0 spiro atoms. The second-order valence-corrected chi connectivity index (χ2v) is 18.4. The number of piperazine rings is 1. The maximum absolute atomic E-state index is 13.4. The summed E-state index contributed by atoms with van der Waals surface area (Å²) in [7, 11) is 3.72. The molecule has 4 aliphatic rings. The van der Waals surface area contributed by atoms with Crippen molar-refractivity contribution in [1.29, 1.82) is 0 Å². The summed E-state index contributed by atoms with van der Waals surface area (Å²) in [5, 5.41) is 17.1. The molecule has 66 heavy (non-hydrogen) atoms. The van der Waals surface area contributed by atoms with Crippen LogP contribution in [-0.2, 0) is 33.7 Å². The Hall–Kier alpha value is -5.33. The van der Waals surface area contributed by atoms with E-state index in [4.69, 9.17) is 61.9 Å². The average Bonchev–Trinajstić information content (AvgIpc) is 3.69. The van der Waals surface area contributed by atoms with E-state index in [0.29, 0.717) is 93.1 Å². The van der Waals surface area contributed by atoms with Crippen molar-refractivity contribution in [2.45, 2.75) is 51.5 Å². The van der Waals surface area contributed by atoms with Crippen molar-refractivity contribution in [3.8, 4) is 45.6 Å². The van der Waals surface area contributed by atoms with Gasteiger partial charge in [-0.05, 0) is 67.9 Å². The molecule has 0 radical (unpaired) electrons. The number of methoxy groups -OCH3 is 1. The second-order valence-electron chi connectivity index (χ2n) is 16.6. The third kappa shape index (κ3) is 9.86. The highest BCUT2D eigenvalue weighted by Gasteiger charge is 2.32. The zero-order valence-corrected chi connectivity index (χ0v) is 39.4. The number of likely N-dealkylation sites (N-methyl/N-ethyl adjacent to an activating group) is 1. The molecule has 1 N–H and O–H groups in total. The van der Waals surface area contributed by atoms with E-state index in [9.17, 15) is 9.90 Å². The van der Waals surface area contributed by atoms with Gasteiger partial charge in [0, 0.05) is 67.9 Å². The predicted molar refractivity (Wildman–Crippen MR) is 253 cm³/mol. The van der Waals surface area contributed by atoms with E-state index in [-0.39, 0.29) is 31.6 Å². The molecule has 3 atom stereocenters. The molecule has 3 aromatic heterocycles. The monoisotopic (exact) mass is 954 g/mol. The molecule has 4 bridgehead atoms. The first-order valence-corrected chi connectivity index (χ1v) is 23.4. The van der Waals surface area contributed by atoms with Gasteiger partial charge in [0.05, 0.1) is 54.0 Å². The molecule has 18 heteroatoms. The molecule has 0 aliphatic carbocycles. The van der Waals surface area contributed by atoms with Crippen molar-refractivity contribution < 1.29 is 38.3 Å². The number of halogens is 2. The highest BCUT2D eigenvalue weighted by molar-refractivity contribution is 7.19. The normalized spacial score (nSPS) is 19.4. The number of rotatable bonds is 10. The van der Waals surface area contributed by atoms with Gasteiger partial charge in [-0.2, -0.15) is 0 Å². The summed E-state index contributed by atoms with van der Waals surface area (Å²) in [6, 6.07) is 14.8. The molecule has 0 saturated carbocycles. The van der Waals surface area contributed by atoms with Gasteiger partial charge in [0.15, 0.2) is 11.6 Å². The van der Waals surface area contributed by atoms with Gasteiger partial charge >= 0.3 is 5.97 Å². The van der Waals surface area contributed by atoms with Crippen molar-refractivity contribution in [2.24, 2.45) is 0 Å². The number of carboxylic acid groups (broad SMARTS) is 1. The van der Waals surface area contributed by atoms with E-state index < -0.39 is 18.2 Å². The molecule has 6 aromatic rings. The molecule has 0 unspecified atom stereocenters. The maximum Gasteiger partial charge on any atom is 0.345 e. The SMILES string of the molecule is COc1ccccc1-c1nccc(C[N-]c2ccc3cc2C[C@H](C(=O)O)Oc2ncnc4sc(C[C@H]5COCCO5)c(c24)-c2c(C)c(Cl)c(c(Cl)c2C)O[C@H](CN2CCN(C)CC2)CO3)n1. The highest BCUT2D eigenvalue weighted by Crippen LogP contribution is 2.51. The minimum absolute atomic E-state index is 0.0854. The third-order valence-electron chi connectivity index (χ3n) is 12.1. The standard InChI is InChI=1S/C48H50Cl2N7O8S/c1-27-39-28(2)43(50)44(42(27)49)64-33(23-57-15-13-56(3)14-16-57)25-63-31-9-10-35(52-22-30-11-12-51-45(55-30)34-7-5-6-8-36(34)60-4)29(19-31)20-37(48(58)59)65-46-41-40(39)38(66-47(41)54-26-53-46)21-32-24-61-17-18-62-32/h5-12,19,26,32-33,37H,13-18,20-25H2,1-4H3,(H,58,59)/q-1/t32-,33+,37+/m0/s1. The number of hydrogen-bond donors (Lipinski definition) is 1. The summed E-state index contributed by atoms with van der Waals surface area (Å²) in [6.45, 7) is 9.68. The van der Waals surface area contributed by atoms with Gasteiger partial charge in [0.1, 0.15) is 35.4 Å². The Balaban J connectivity index is 1.14. The lowest BCUT2D eigenvalue weighted by molar-refractivity contribution is -0.145. The fraction of sp³-hybridized carbons (Fsp3) is 0.396. The topological polar surface area (TPSA) is 165 Å². The largest absolute Gasteiger partial charge is 0.679 e. The van der Waals surface area contributed by atoms with Crippen LogP contribution in [-0.4, -0.2) is 132 Å². The minimum Gasteiger partial charge on any atom is -0.679 e. The number of aliphatic carboxylic acids is 1. The quantitative estimate of drug-likeness (QED) is 0.139. The van der Waals surface area contributed by atoms with Crippen LogP contribution in [0.4, 0.5) is 5.69 Å². The van der Waals surface area contributed by atoms with Crippen LogP contribution in [0.3, 0.4) is 0 Å². The molecule has 10 rings (SSSR count). The lowest BCUT2D eigenvalue weighted by Gasteiger charge is -2.35. The van der Waals surface area contributed by atoms with Gasteiger partial charge in [0.25, 0.3) is 0 Å². The number of benzene rings is 3. The number of thiophene rings is 1. The third-order valence-corrected chi connectivity index (χ3v) is 14.1. The van der Waals surface area contributed by atoms with E-state index >= 15 is 0 Å². The summed E-state index contributed by atoms with van der Waals surface area (Å²) in [6.07, 6.45) is 1.33. The molecular formula is C48H50Cl2N7O8S-. The second kappa shape index (κ2) is 20.3. The Morgan fingerprint density at radius 2 is 1.76 bits per heavy atom.